The maximum Gasteiger partial charge on any atom is 0.573 e. The summed E-state index contributed by atoms with van der Waals surface area (Å²) >= 11 is 1.29. The predicted octanol–water partition coefficient (Wildman–Crippen LogP) is 3.60. The normalized spacial score (nSPS) is 21.3. The molecule has 3 aromatic rings. The third-order valence-electron chi connectivity index (χ3n) is 5.06. The molecule has 2 aromatic heterocycles. The summed E-state index contributed by atoms with van der Waals surface area (Å²) < 4.78 is 49.4. The van der Waals surface area contributed by atoms with Crippen molar-refractivity contribution in [3.05, 3.63) is 23.2 Å². The summed E-state index contributed by atoms with van der Waals surface area (Å²) in [6, 6.07) is 2.15. The molecule has 3 aliphatic heterocycles. The Morgan fingerprint density at radius 1 is 1.38 bits per heavy atom. The molecule has 5 heterocycles. The lowest BCUT2D eigenvalue weighted by atomic mass is 9.92. The van der Waals surface area contributed by atoms with Crippen molar-refractivity contribution < 1.29 is 27.1 Å². The monoisotopic (exact) mass is 424 g/mol. The summed E-state index contributed by atoms with van der Waals surface area (Å²) in [6.45, 7) is 2.47. The fraction of sp³-hybridized carbons (Fsp3) is 0.389. The Balaban J connectivity index is 1.72. The number of aromatic nitrogens is 2. The van der Waals surface area contributed by atoms with Crippen LogP contribution in [0.15, 0.2) is 22.1 Å². The molecule has 0 spiro atoms. The lowest BCUT2D eigenvalue weighted by Gasteiger charge is -2.47. The van der Waals surface area contributed by atoms with Crippen LogP contribution in [0.4, 0.5) is 19.2 Å². The summed E-state index contributed by atoms with van der Waals surface area (Å²) in [7, 11) is 0. The van der Waals surface area contributed by atoms with E-state index in [1.165, 1.54) is 24.3 Å². The van der Waals surface area contributed by atoms with Gasteiger partial charge in [-0.1, -0.05) is 0 Å². The van der Waals surface area contributed by atoms with Crippen LogP contribution in [0.3, 0.4) is 0 Å². The van der Waals surface area contributed by atoms with E-state index in [-0.39, 0.29) is 22.7 Å². The SMILES string of the molecule is CC(=O)c1cc(-c2nccs2)c2oc(N3CC4CC(C3)N4)nc2c1OC(F)(F)F. The van der Waals surface area contributed by atoms with Crippen LogP contribution in [0, 0.1) is 0 Å². The highest BCUT2D eigenvalue weighted by atomic mass is 32.1. The molecular formula is C18H15F3N4O3S. The molecule has 3 fully saturated rings. The van der Waals surface area contributed by atoms with Crippen LogP contribution in [0.5, 0.6) is 5.75 Å². The molecule has 2 atom stereocenters. The Kier molecular flexibility index (Phi) is 4.07. The van der Waals surface area contributed by atoms with Crippen molar-refractivity contribution in [3.63, 3.8) is 0 Å². The number of hydrogen-bond acceptors (Lipinski definition) is 8. The quantitative estimate of drug-likeness (QED) is 0.641. The van der Waals surface area contributed by atoms with Gasteiger partial charge >= 0.3 is 6.36 Å². The maximum absolute atomic E-state index is 13.1. The van der Waals surface area contributed by atoms with Crippen LogP contribution in [0.1, 0.15) is 23.7 Å². The summed E-state index contributed by atoms with van der Waals surface area (Å²) in [6.07, 6.45) is -2.35. The highest BCUT2D eigenvalue weighted by Gasteiger charge is 2.39. The van der Waals surface area contributed by atoms with E-state index in [9.17, 15) is 18.0 Å². The highest BCUT2D eigenvalue weighted by Crippen LogP contribution is 2.42. The number of fused-ring (bicyclic) bond motifs is 3. The van der Waals surface area contributed by atoms with Crippen molar-refractivity contribution in [2.75, 3.05) is 18.0 Å². The van der Waals surface area contributed by atoms with Gasteiger partial charge in [-0.3, -0.25) is 4.79 Å². The van der Waals surface area contributed by atoms with Gasteiger partial charge < -0.3 is 19.4 Å². The fourth-order valence-electron chi connectivity index (χ4n) is 3.85. The lowest BCUT2D eigenvalue weighted by molar-refractivity contribution is -0.274. The third kappa shape index (κ3) is 3.23. The largest absolute Gasteiger partial charge is 0.573 e. The Labute approximate surface area is 166 Å². The van der Waals surface area contributed by atoms with Gasteiger partial charge in [0.05, 0.1) is 11.1 Å². The van der Waals surface area contributed by atoms with Gasteiger partial charge in [-0.25, -0.2) is 4.98 Å². The number of benzene rings is 1. The van der Waals surface area contributed by atoms with E-state index < -0.39 is 17.9 Å². The van der Waals surface area contributed by atoms with Crippen molar-refractivity contribution in [1.82, 2.24) is 15.3 Å². The molecule has 3 aliphatic rings. The summed E-state index contributed by atoms with van der Waals surface area (Å²) in [5, 5.41) is 5.62. The van der Waals surface area contributed by atoms with E-state index in [4.69, 9.17) is 4.42 Å². The molecule has 11 heteroatoms. The van der Waals surface area contributed by atoms with Crippen molar-refractivity contribution in [2.24, 2.45) is 0 Å². The second-order valence-electron chi connectivity index (χ2n) is 7.12. The second-order valence-corrected chi connectivity index (χ2v) is 8.01. The van der Waals surface area contributed by atoms with Gasteiger partial charge in [-0.2, -0.15) is 4.98 Å². The summed E-state index contributed by atoms with van der Waals surface area (Å²) in [5.41, 5.74) is 0.172. The second kappa shape index (κ2) is 6.42. The van der Waals surface area contributed by atoms with Crippen LogP contribution in [-0.2, 0) is 0 Å². The average molecular weight is 424 g/mol. The Morgan fingerprint density at radius 3 is 2.69 bits per heavy atom. The molecule has 0 aliphatic carbocycles. The molecule has 2 bridgehead atoms. The van der Waals surface area contributed by atoms with E-state index in [1.807, 2.05) is 4.90 Å². The number of piperazine rings is 1. The van der Waals surface area contributed by atoms with Crippen LogP contribution in [-0.4, -0.2) is 47.3 Å². The van der Waals surface area contributed by atoms with E-state index in [0.717, 1.165) is 6.42 Å². The number of piperidine rings is 1. The topological polar surface area (TPSA) is 80.5 Å². The Bertz CT molecular complexity index is 1080. The number of carbonyl (C=O) groups is 1. The highest BCUT2D eigenvalue weighted by molar-refractivity contribution is 7.13. The number of alkyl halides is 3. The van der Waals surface area contributed by atoms with Crippen LogP contribution in [0.25, 0.3) is 21.7 Å². The van der Waals surface area contributed by atoms with Crippen molar-refractivity contribution in [3.8, 4) is 16.3 Å². The van der Waals surface area contributed by atoms with Crippen molar-refractivity contribution in [1.29, 1.82) is 0 Å². The minimum Gasteiger partial charge on any atom is -0.422 e. The number of halogens is 3. The van der Waals surface area contributed by atoms with Crippen LogP contribution < -0.4 is 15.0 Å². The fourth-order valence-corrected chi connectivity index (χ4v) is 4.50. The van der Waals surface area contributed by atoms with E-state index in [1.54, 1.807) is 11.6 Å². The van der Waals surface area contributed by atoms with Gasteiger partial charge in [0, 0.05) is 36.8 Å². The average Bonchev–Trinajstić information content (AvgIpc) is 3.30. The number of oxazole rings is 1. The smallest absolute Gasteiger partial charge is 0.422 e. The number of rotatable bonds is 4. The zero-order chi connectivity index (χ0) is 20.3. The predicted molar refractivity (Wildman–Crippen MR) is 99.3 cm³/mol. The first kappa shape index (κ1) is 18.4. The minimum atomic E-state index is -4.98. The minimum absolute atomic E-state index is 0.117. The maximum atomic E-state index is 13.1. The molecule has 29 heavy (non-hydrogen) atoms. The number of nitrogens with one attached hydrogen (secondary N) is 1. The third-order valence-corrected chi connectivity index (χ3v) is 5.87. The number of carbonyl (C=O) groups excluding carboxylic acids is 1. The first-order valence-corrected chi connectivity index (χ1v) is 9.81. The standard InChI is InChI=1S/C18H15F3N4O3S/c1-8(26)11-5-12(16-22-2-3-29-16)14-13(15(11)28-18(19,20)21)24-17(27-14)25-6-9-4-10(7-25)23-9/h2-3,5,9-10,23H,4,6-7H2,1H3. The lowest BCUT2D eigenvalue weighted by Crippen LogP contribution is -2.67. The molecule has 1 N–H and O–H groups in total. The van der Waals surface area contributed by atoms with E-state index in [2.05, 4.69) is 20.0 Å². The summed E-state index contributed by atoms with van der Waals surface area (Å²) in [5.74, 6) is -1.22. The molecule has 1 aromatic carbocycles. The van der Waals surface area contributed by atoms with Crippen molar-refractivity contribution >= 4 is 34.2 Å². The van der Waals surface area contributed by atoms with Crippen LogP contribution in [0.2, 0.25) is 0 Å². The molecule has 0 amide bonds. The van der Waals surface area contributed by atoms with E-state index >= 15 is 0 Å². The Morgan fingerprint density at radius 2 is 2.10 bits per heavy atom. The Hall–Kier alpha value is -2.66. The molecular weight excluding hydrogens is 409 g/mol. The number of hydrogen-bond donors (Lipinski definition) is 1. The zero-order valence-electron chi connectivity index (χ0n) is 15.1. The number of nitrogens with zero attached hydrogens (tertiary/aromatic N) is 3. The molecule has 152 valence electrons. The number of ether oxygens (including phenoxy) is 1. The molecule has 2 unspecified atom stereocenters. The van der Waals surface area contributed by atoms with E-state index in [0.29, 0.717) is 35.7 Å². The van der Waals surface area contributed by atoms with Gasteiger partial charge in [0.25, 0.3) is 6.01 Å². The molecule has 0 radical (unpaired) electrons. The van der Waals surface area contributed by atoms with Gasteiger partial charge in [-0.15, -0.1) is 24.5 Å². The molecule has 6 rings (SSSR count). The zero-order valence-corrected chi connectivity index (χ0v) is 15.9. The number of Topliss-reactive ketones (excluding diaryl/α,β-unsaturated/α-hetero) is 1. The first-order valence-electron chi connectivity index (χ1n) is 8.93. The van der Waals surface area contributed by atoms with Crippen LogP contribution >= 0.6 is 11.3 Å². The summed E-state index contributed by atoms with van der Waals surface area (Å²) in [4.78, 5) is 22.6. The first-order chi connectivity index (χ1) is 13.8. The van der Waals surface area contributed by atoms with Gasteiger partial charge in [0.15, 0.2) is 22.6 Å². The number of thiazole rings is 1. The molecule has 0 saturated carbocycles. The van der Waals surface area contributed by atoms with Gasteiger partial charge in [0.2, 0.25) is 0 Å². The van der Waals surface area contributed by atoms with Gasteiger partial charge in [0.1, 0.15) is 5.01 Å². The van der Waals surface area contributed by atoms with Crippen molar-refractivity contribution in [2.45, 2.75) is 31.8 Å². The number of anilines is 1. The molecule has 7 nitrogen and oxygen atoms in total. The number of ketones is 1. The van der Waals surface area contributed by atoms with Gasteiger partial charge in [-0.05, 0) is 19.4 Å². The molecule has 3 saturated heterocycles.